The van der Waals surface area contributed by atoms with E-state index in [4.69, 9.17) is 9.26 Å². The van der Waals surface area contributed by atoms with Gasteiger partial charge in [-0.15, -0.1) is 0 Å². The number of ketones is 1. The van der Waals surface area contributed by atoms with E-state index in [1.807, 2.05) is 35.0 Å². The first-order chi connectivity index (χ1) is 11.8. The Morgan fingerprint density at radius 3 is 3.00 bits per heavy atom. The number of methoxy groups -OCH3 is 1. The highest BCUT2D eigenvalue weighted by Crippen LogP contribution is 2.24. The SMILES string of the molecule is COc1cccc(-c2cc(C(=O)CCCCn3ccnc3)no2)c1. The van der Waals surface area contributed by atoms with Crippen molar-refractivity contribution in [3.63, 3.8) is 0 Å². The van der Waals surface area contributed by atoms with E-state index in [-0.39, 0.29) is 5.78 Å². The quantitative estimate of drug-likeness (QED) is 0.467. The molecule has 0 aliphatic rings. The lowest BCUT2D eigenvalue weighted by atomic mass is 10.1. The van der Waals surface area contributed by atoms with Gasteiger partial charge in [0.05, 0.1) is 13.4 Å². The Bertz CT molecular complexity index is 793. The summed E-state index contributed by atoms with van der Waals surface area (Å²) in [4.78, 5) is 16.2. The molecule has 0 aliphatic carbocycles. The van der Waals surface area contributed by atoms with Gasteiger partial charge in [-0.1, -0.05) is 17.3 Å². The second-order valence-corrected chi connectivity index (χ2v) is 5.49. The Kier molecular flexibility index (Phi) is 5.05. The zero-order valence-electron chi connectivity index (χ0n) is 13.5. The van der Waals surface area contributed by atoms with Crippen LogP contribution in [0.3, 0.4) is 0 Å². The summed E-state index contributed by atoms with van der Waals surface area (Å²) in [6.07, 6.45) is 7.63. The summed E-state index contributed by atoms with van der Waals surface area (Å²) >= 11 is 0. The van der Waals surface area contributed by atoms with Crippen molar-refractivity contribution >= 4 is 5.78 Å². The van der Waals surface area contributed by atoms with Gasteiger partial charge in [-0.3, -0.25) is 4.79 Å². The minimum absolute atomic E-state index is 0.00136. The van der Waals surface area contributed by atoms with Gasteiger partial charge < -0.3 is 13.8 Å². The van der Waals surface area contributed by atoms with Crippen LogP contribution in [-0.4, -0.2) is 27.6 Å². The van der Waals surface area contributed by atoms with E-state index in [9.17, 15) is 4.79 Å². The van der Waals surface area contributed by atoms with Crippen molar-refractivity contribution in [1.82, 2.24) is 14.7 Å². The van der Waals surface area contributed by atoms with Crippen molar-refractivity contribution in [2.45, 2.75) is 25.8 Å². The fraction of sp³-hybridized carbons (Fsp3) is 0.278. The lowest BCUT2D eigenvalue weighted by Crippen LogP contribution is -2.01. The Morgan fingerprint density at radius 1 is 1.29 bits per heavy atom. The zero-order valence-corrected chi connectivity index (χ0v) is 13.5. The van der Waals surface area contributed by atoms with Crippen LogP contribution in [-0.2, 0) is 6.54 Å². The summed E-state index contributed by atoms with van der Waals surface area (Å²) < 4.78 is 12.5. The number of aromatic nitrogens is 3. The molecule has 6 nitrogen and oxygen atoms in total. The molecule has 2 aromatic heterocycles. The number of hydrogen-bond acceptors (Lipinski definition) is 5. The molecule has 0 fully saturated rings. The number of hydrogen-bond donors (Lipinski definition) is 0. The van der Waals surface area contributed by atoms with Gasteiger partial charge in [0.25, 0.3) is 0 Å². The van der Waals surface area contributed by atoms with E-state index in [2.05, 4.69) is 10.1 Å². The number of ether oxygens (including phenoxy) is 1. The second-order valence-electron chi connectivity index (χ2n) is 5.49. The number of benzene rings is 1. The normalized spacial score (nSPS) is 10.7. The van der Waals surface area contributed by atoms with Gasteiger partial charge in [0.15, 0.2) is 11.5 Å². The second kappa shape index (κ2) is 7.59. The lowest BCUT2D eigenvalue weighted by Gasteiger charge is -2.01. The molecule has 0 bridgehead atoms. The third-order valence-electron chi connectivity index (χ3n) is 3.78. The smallest absolute Gasteiger partial charge is 0.184 e. The maximum atomic E-state index is 12.2. The molecule has 0 unspecified atom stereocenters. The average molecular weight is 325 g/mol. The first-order valence-electron chi connectivity index (χ1n) is 7.86. The van der Waals surface area contributed by atoms with Gasteiger partial charge >= 0.3 is 0 Å². The molecule has 0 atom stereocenters. The van der Waals surface area contributed by atoms with Gasteiger partial charge in [-0.05, 0) is 25.0 Å². The Balaban J connectivity index is 1.55. The van der Waals surface area contributed by atoms with Crippen LogP contribution in [0.1, 0.15) is 29.8 Å². The number of aryl methyl sites for hydroxylation is 1. The molecule has 0 saturated heterocycles. The number of carbonyl (C=O) groups excluding carboxylic acids is 1. The van der Waals surface area contributed by atoms with E-state index in [0.717, 1.165) is 30.7 Å². The molecule has 124 valence electrons. The molecular formula is C18H19N3O3. The van der Waals surface area contributed by atoms with Gasteiger partial charge in [0.1, 0.15) is 11.4 Å². The highest BCUT2D eigenvalue weighted by molar-refractivity contribution is 5.94. The highest BCUT2D eigenvalue weighted by atomic mass is 16.5. The van der Waals surface area contributed by atoms with Crippen LogP contribution in [0.2, 0.25) is 0 Å². The maximum absolute atomic E-state index is 12.2. The number of nitrogens with zero attached hydrogens (tertiary/aromatic N) is 3. The topological polar surface area (TPSA) is 70.2 Å². The molecule has 0 aliphatic heterocycles. The summed E-state index contributed by atoms with van der Waals surface area (Å²) in [5.41, 5.74) is 1.21. The molecule has 6 heteroatoms. The monoisotopic (exact) mass is 325 g/mol. The Morgan fingerprint density at radius 2 is 2.21 bits per heavy atom. The van der Waals surface area contributed by atoms with E-state index in [1.54, 1.807) is 25.7 Å². The number of carbonyl (C=O) groups is 1. The summed E-state index contributed by atoms with van der Waals surface area (Å²) in [7, 11) is 1.61. The third-order valence-corrected chi connectivity index (χ3v) is 3.78. The molecule has 0 N–H and O–H groups in total. The van der Waals surface area contributed by atoms with E-state index < -0.39 is 0 Å². The fourth-order valence-electron chi connectivity index (χ4n) is 2.45. The molecule has 0 radical (unpaired) electrons. The minimum atomic E-state index is -0.00136. The summed E-state index contributed by atoms with van der Waals surface area (Å²) in [6, 6.07) is 9.15. The van der Waals surface area contributed by atoms with Gasteiger partial charge in [0.2, 0.25) is 0 Å². The Hall–Kier alpha value is -2.89. The molecule has 0 saturated carbocycles. The number of rotatable bonds is 8. The number of Topliss-reactive ketones (excluding diaryl/α,β-unsaturated/α-hetero) is 1. The fourth-order valence-corrected chi connectivity index (χ4v) is 2.45. The van der Waals surface area contributed by atoms with Crippen molar-refractivity contribution in [3.8, 4) is 17.1 Å². The minimum Gasteiger partial charge on any atom is -0.497 e. The van der Waals surface area contributed by atoms with Crippen molar-refractivity contribution < 1.29 is 14.1 Å². The van der Waals surface area contributed by atoms with Crippen LogP contribution in [0.15, 0.2) is 53.6 Å². The lowest BCUT2D eigenvalue weighted by molar-refractivity contribution is 0.0970. The summed E-state index contributed by atoms with van der Waals surface area (Å²) in [6.45, 7) is 0.862. The molecular weight excluding hydrogens is 306 g/mol. The predicted octanol–water partition coefficient (Wildman–Crippen LogP) is 3.60. The van der Waals surface area contributed by atoms with Gasteiger partial charge in [0, 0.05) is 37.0 Å². The average Bonchev–Trinajstić information content (AvgIpc) is 3.30. The number of imidazole rings is 1. The largest absolute Gasteiger partial charge is 0.497 e. The van der Waals surface area contributed by atoms with Crippen LogP contribution in [0, 0.1) is 0 Å². The van der Waals surface area contributed by atoms with Crippen molar-refractivity contribution in [3.05, 3.63) is 54.7 Å². The van der Waals surface area contributed by atoms with Crippen LogP contribution < -0.4 is 4.74 Å². The van der Waals surface area contributed by atoms with Gasteiger partial charge in [-0.25, -0.2) is 4.98 Å². The van der Waals surface area contributed by atoms with Crippen LogP contribution >= 0.6 is 0 Å². The molecule has 1 aromatic carbocycles. The van der Waals surface area contributed by atoms with Crippen LogP contribution in [0.5, 0.6) is 5.75 Å². The van der Waals surface area contributed by atoms with Crippen LogP contribution in [0.25, 0.3) is 11.3 Å². The van der Waals surface area contributed by atoms with Crippen LogP contribution in [0.4, 0.5) is 0 Å². The van der Waals surface area contributed by atoms with E-state index in [1.165, 1.54) is 0 Å². The molecule has 0 amide bonds. The van der Waals surface area contributed by atoms with E-state index >= 15 is 0 Å². The molecule has 24 heavy (non-hydrogen) atoms. The van der Waals surface area contributed by atoms with E-state index in [0.29, 0.717) is 17.9 Å². The molecule has 0 spiro atoms. The van der Waals surface area contributed by atoms with Gasteiger partial charge in [-0.2, -0.15) is 0 Å². The predicted molar refractivity (Wildman–Crippen MR) is 88.9 cm³/mol. The molecule has 2 heterocycles. The first-order valence-corrected chi connectivity index (χ1v) is 7.86. The summed E-state index contributed by atoms with van der Waals surface area (Å²) in [5, 5.41) is 3.90. The standard InChI is InChI=1S/C18H19N3O3/c1-23-15-6-4-5-14(11-15)18-12-16(20-24-18)17(22)7-2-3-9-21-10-8-19-13-21/h4-6,8,10-13H,2-3,7,9H2,1H3. The number of unbranched alkanes of at least 4 members (excludes halogenated alkanes) is 1. The third kappa shape index (κ3) is 3.90. The summed E-state index contributed by atoms with van der Waals surface area (Å²) in [5.74, 6) is 1.30. The van der Waals surface area contributed by atoms with Crippen molar-refractivity contribution in [1.29, 1.82) is 0 Å². The van der Waals surface area contributed by atoms with Crippen molar-refractivity contribution in [2.75, 3.05) is 7.11 Å². The first kappa shape index (κ1) is 16.0. The maximum Gasteiger partial charge on any atom is 0.184 e. The molecule has 3 rings (SSSR count). The molecule has 3 aromatic rings. The van der Waals surface area contributed by atoms with Crippen molar-refractivity contribution in [2.24, 2.45) is 0 Å². The Labute approximate surface area is 140 Å². The highest BCUT2D eigenvalue weighted by Gasteiger charge is 2.13. The zero-order chi connectivity index (χ0) is 16.8.